The maximum absolute atomic E-state index is 3.78. The first-order valence-corrected chi connectivity index (χ1v) is 6.53. The fourth-order valence-corrected chi connectivity index (χ4v) is 2.10. The van der Waals surface area contributed by atoms with Crippen molar-refractivity contribution in [2.75, 3.05) is 0 Å². The molecule has 0 aliphatic rings. The normalized spacial score (nSPS) is 12.6. The highest BCUT2D eigenvalue weighted by atomic mass is 15.0. The zero-order valence-electron chi connectivity index (χ0n) is 10.5. The van der Waals surface area contributed by atoms with Crippen LogP contribution in [0.3, 0.4) is 0 Å². The number of hydrogen-bond acceptors (Lipinski definition) is 0. The average Bonchev–Trinajstić information content (AvgIpc) is 2.81. The number of aromatic amines is 1. The lowest BCUT2D eigenvalue weighted by atomic mass is 10.0. The molecule has 1 aromatic heterocycles. The lowest BCUT2D eigenvalue weighted by Crippen LogP contribution is -2.37. The Balaban J connectivity index is 2.38. The Kier molecular flexibility index (Phi) is 6.62. The summed E-state index contributed by atoms with van der Waals surface area (Å²) in [7, 11) is 0. The van der Waals surface area contributed by atoms with Gasteiger partial charge in [-0.1, -0.05) is 25.8 Å². The first-order chi connectivity index (χ1) is 7.88. The molecule has 1 heterocycles. The van der Waals surface area contributed by atoms with Crippen molar-refractivity contribution in [2.45, 2.75) is 57.9 Å². The van der Waals surface area contributed by atoms with E-state index in [2.05, 4.69) is 35.6 Å². The molecule has 0 saturated heterocycles. The number of nitrogens with one attached hydrogen (secondary N) is 1. The molecule has 1 N–H and O–H groups in total. The van der Waals surface area contributed by atoms with Crippen LogP contribution >= 0.6 is 0 Å². The molecule has 0 fully saturated rings. The van der Waals surface area contributed by atoms with E-state index in [4.69, 9.17) is 0 Å². The van der Waals surface area contributed by atoms with Crippen LogP contribution in [0.1, 0.15) is 57.9 Å². The van der Waals surface area contributed by atoms with E-state index in [9.17, 15) is 0 Å². The van der Waals surface area contributed by atoms with Crippen LogP contribution in [0.5, 0.6) is 0 Å². The fraction of sp³-hybridized carbons (Fsp3) is 0.643. The van der Waals surface area contributed by atoms with E-state index in [1.807, 2.05) is 12.3 Å². The van der Waals surface area contributed by atoms with Crippen LogP contribution in [-0.2, 0) is 0 Å². The lowest BCUT2D eigenvalue weighted by Gasteiger charge is -2.12. The number of rotatable bonds is 9. The molecule has 0 radical (unpaired) electrons. The molecular formula is C14H25N2+. The Labute approximate surface area is 99.4 Å². The fourth-order valence-electron chi connectivity index (χ4n) is 2.10. The van der Waals surface area contributed by atoms with Crippen LogP contribution in [0.25, 0.3) is 0 Å². The van der Waals surface area contributed by atoms with Crippen molar-refractivity contribution in [1.29, 1.82) is 0 Å². The summed E-state index contributed by atoms with van der Waals surface area (Å²) in [6.07, 6.45) is 17.2. The van der Waals surface area contributed by atoms with Gasteiger partial charge in [0.25, 0.3) is 0 Å². The number of H-pyrrole nitrogens is 1. The molecule has 16 heavy (non-hydrogen) atoms. The van der Waals surface area contributed by atoms with Crippen LogP contribution in [-0.4, -0.2) is 4.98 Å². The van der Waals surface area contributed by atoms with Crippen molar-refractivity contribution in [2.24, 2.45) is 0 Å². The number of nitrogens with zero attached hydrogens (tertiary/aromatic N) is 1. The van der Waals surface area contributed by atoms with Crippen molar-refractivity contribution in [3.63, 3.8) is 0 Å². The smallest absolute Gasteiger partial charge is 0.241 e. The third kappa shape index (κ3) is 4.65. The first-order valence-electron chi connectivity index (χ1n) is 6.53. The summed E-state index contributed by atoms with van der Waals surface area (Å²) in [5, 5.41) is 0. The Hall–Kier alpha value is -1.05. The van der Waals surface area contributed by atoms with Gasteiger partial charge in [-0.15, -0.1) is 6.58 Å². The van der Waals surface area contributed by atoms with Crippen molar-refractivity contribution >= 4 is 0 Å². The van der Waals surface area contributed by atoms with Crippen molar-refractivity contribution in [3.05, 3.63) is 31.4 Å². The zero-order chi connectivity index (χ0) is 11.6. The van der Waals surface area contributed by atoms with Gasteiger partial charge in [-0.2, -0.15) is 0 Å². The Morgan fingerprint density at radius 3 is 2.75 bits per heavy atom. The molecule has 2 heteroatoms. The molecule has 1 unspecified atom stereocenters. The maximum Gasteiger partial charge on any atom is 0.241 e. The minimum atomic E-state index is 0.665. The van der Waals surface area contributed by atoms with Gasteiger partial charge in [-0.05, 0) is 32.1 Å². The molecule has 0 spiro atoms. The lowest BCUT2D eigenvalue weighted by molar-refractivity contribution is -0.723. The minimum Gasteiger partial charge on any atom is -0.250 e. The molecule has 0 bridgehead atoms. The van der Waals surface area contributed by atoms with E-state index >= 15 is 0 Å². The second kappa shape index (κ2) is 8.14. The van der Waals surface area contributed by atoms with E-state index in [0.717, 1.165) is 6.42 Å². The summed E-state index contributed by atoms with van der Waals surface area (Å²) < 4.78 is 2.32. The third-order valence-electron chi connectivity index (χ3n) is 3.07. The molecule has 0 aliphatic heterocycles. The molecule has 0 saturated carbocycles. The molecule has 1 atom stereocenters. The second-order valence-electron chi connectivity index (χ2n) is 4.43. The summed E-state index contributed by atoms with van der Waals surface area (Å²) in [5.41, 5.74) is 0. The Morgan fingerprint density at radius 1 is 1.31 bits per heavy atom. The van der Waals surface area contributed by atoms with Crippen LogP contribution in [0, 0.1) is 0 Å². The summed E-state index contributed by atoms with van der Waals surface area (Å²) in [6, 6.07) is 0.665. The summed E-state index contributed by atoms with van der Waals surface area (Å²) >= 11 is 0. The van der Waals surface area contributed by atoms with E-state index in [1.165, 1.54) is 38.5 Å². The number of hydrogen-bond donors (Lipinski definition) is 1. The van der Waals surface area contributed by atoms with E-state index in [-0.39, 0.29) is 0 Å². The topological polar surface area (TPSA) is 19.7 Å². The van der Waals surface area contributed by atoms with Gasteiger partial charge < -0.3 is 0 Å². The predicted molar refractivity (Wildman–Crippen MR) is 68.2 cm³/mol. The summed E-state index contributed by atoms with van der Waals surface area (Å²) in [4.78, 5) is 3.13. The van der Waals surface area contributed by atoms with Gasteiger partial charge in [0.05, 0.1) is 0 Å². The van der Waals surface area contributed by atoms with Crippen molar-refractivity contribution < 1.29 is 4.57 Å². The minimum absolute atomic E-state index is 0.665. The number of allylic oxidation sites excluding steroid dienone is 1. The maximum atomic E-state index is 3.78. The highest BCUT2D eigenvalue weighted by Gasteiger charge is 2.14. The van der Waals surface area contributed by atoms with Crippen LogP contribution in [0.4, 0.5) is 0 Å². The average molecular weight is 221 g/mol. The van der Waals surface area contributed by atoms with Gasteiger partial charge in [0, 0.05) is 0 Å². The van der Waals surface area contributed by atoms with Gasteiger partial charge in [-0.25, -0.2) is 4.57 Å². The first kappa shape index (κ1) is 13.0. The van der Waals surface area contributed by atoms with Crippen LogP contribution in [0.15, 0.2) is 31.4 Å². The Morgan fingerprint density at radius 2 is 2.12 bits per heavy atom. The van der Waals surface area contributed by atoms with Gasteiger partial charge >= 0.3 is 0 Å². The Bertz CT molecular complexity index is 264. The number of unbranched alkanes of at least 4 members (excludes halogenated alkanes) is 3. The molecular weight excluding hydrogens is 196 g/mol. The van der Waals surface area contributed by atoms with E-state index in [0.29, 0.717) is 6.04 Å². The van der Waals surface area contributed by atoms with E-state index < -0.39 is 0 Å². The molecule has 0 aromatic carbocycles. The molecule has 2 nitrogen and oxygen atoms in total. The zero-order valence-corrected chi connectivity index (χ0v) is 10.5. The SMILES string of the molecule is C=CCCCC(CCCCC)[n+]1cc[nH]c1. The third-order valence-corrected chi connectivity index (χ3v) is 3.07. The van der Waals surface area contributed by atoms with Crippen LogP contribution in [0.2, 0.25) is 0 Å². The molecule has 1 aromatic rings. The van der Waals surface area contributed by atoms with Gasteiger partial charge in [0.2, 0.25) is 6.33 Å². The standard InChI is InChI=1S/C14H24N2/c1-3-5-7-9-14(10-8-6-4-2)16-12-11-15-13-16/h3,11-14H,1,4-10H2,2H3/p+1. The van der Waals surface area contributed by atoms with Gasteiger partial charge in [0.15, 0.2) is 0 Å². The summed E-state index contributed by atoms with van der Waals surface area (Å²) in [5.74, 6) is 0. The van der Waals surface area contributed by atoms with Gasteiger partial charge in [0.1, 0.15) is 18.4 Å². The molecule has 1 rings (SSSR count). The number of imidazole rings is 1. The van der Waals surface area contributed by atoms with E-state index in [1.54, 1.807) is 0 Å². The highest BCUT2D eigenvalue weighted by molar-refractivity contribution is 4.67. The molecule has 90 valence electrons. The monoisotopic (exact) mass is 221 g/mol. The molecule has 0 aliphatic carbocycles. The number of aromatic nitrogens is 2. The summed E-state index contributed by atoms with van der Waals surface area (Å²) in [6.45, 7) is 6.04. The molecule has 0 amide bonds. The largest absolute Gasteiger partial charge is 0.250 e. The van der Waals surface area contributed by atoms with Gasteiger partial charge in [-0.3, -0.25) is 4.98 Å². The highest BCUT2D eigenvalue weighted by Crippen LogP contribution is 2.16. The quantitative estimate of drug-likeness (QED) is 0.372. The predicted octanol–water partition coefficient (Wildman–Crippen LogP) is 3.78. The van der Waals surface area contributed by atoms with Crippen molar-refractivity contribution in [1.82, 2.24) is 4.98 Å². The van der Waals surface area contributed by atoms with Crippen molar-refractivity contribution in [3.8, 4) is 0 Å². The van der Waals surface area contributed by atoms with Crippen LogP contribution < -0.4 is 4.57 Å². The second-order valence-corrected chi connectivity index (χ2v) is 4.43.